The molecule has 3 aromatic rings. The highest BCUT2D eigenvalue weighted by Crippen LogP contribution is 2.31. The van der Waals surface area contributed by atoms with Gasteiger partial charge in [-0.25, -0.2) is 4.98 Å². The average Bonchev–Trinajstić information content (AvgIpc) is 3.07. The van der Waals surface area contributed by atoms with Crippen LogP contribution in [0.15, 0.2) is 29.9 Å². The first kappa shape index (κ1) is 10.7. The standard InChI is InChI=1S/C13H13N3S2/c1-4-16-5-3-14-13(16)10(1)15-8-9-7-12-11(18-9)2-6-17-12/h2-3,5-7,10,15H,1,4,8H2. The van der Waals surface area contributed by atoms with Crippen LogP contribution in [-0.4, -0.2) is 9.55 Å². The summed E-state index contributed by atoms with van der Waals surface area (Å²) in [6.45, 7) is 2.04. The number of nitrogens with one attached hydrogen (secondary N) is 1. The van der Waals surface area contributed by atoms with E-state index in [2.05, 4.69) is 38.6 Å². The van der Waals surface area contributed by atoms with Crippen molar-refractivity contribution in [3.63, 3.8) is 0 Å². The molecule has 1 unspecified atom stereocenters. The molecule has 0 aliphatic carbocycles. The van der Waals surface area contributed by atoms with Crippen LogP contribution in [0.2, 0.25) is 0 Å². The Balaban J connectivity index is 1.49. The summed E-state index contributed by atoms with van der Waals surface area (Å²) in [5, 5.41) is 5.78. The molecular formula is C13H13N3S2. The molecular weight excluding hydrogens is 262 g/mol. The zero-order chi connectivity index (χ0) is 11.9. The van der Waals surface area contributed by atoms with Crippen molar-refractivity contribution in [1.29, 1.82) is 0 Å². The second-order valence-corrected chi connectivity index (χ2v) is 6.68. The minimum Gasteiger partial charge on any atom is -0.334 e. The van der Waals surface area contributed by atoms with Crippen LogP contribution in [0.1, 0.15) is 23.2 Å². The Morgan fingerprint density at radius 1 is 1.44 bits per heavy atom. The maximum atomic E-state index is 4.43. The van der Waals surface area contributed by atoms with E-state index in [1.165, 1.54) is 20.1 Å². The number of hydrogen-bond donors (Lipinski definition) is 1. The predicted octanol–water partition coefficient (Wildman–Crippen LogP) is 3.39. The summed E-state index contributed by atoms with van der Waals surface area (Å²) in [7, 11) is 0. The van der Waals surface area contributed by atoms with Gasteiger partial charge in [-0.2, -0.15) is 0 Å². The molecule has 1 atom stereocenters. The third-order valence-electron chi connectivity index (χ3n) is 3.43. The molecule has 0 saturated carbocycles. The van der Waals surface area contributed by atoms with Crippen molar-refractivity contribution in [3.05, 3.63) is 40.6 Å². The maximum Gasteiger partial charge on any atom is 0.125 e. The van der Waals surface area contributed by atoms with Crippen molar-refractivity contribution in [2.24, 2.45) is 0 Å². The van der Waals surface area contributed by atoms with Gasteiger partial charge in [-0.05, 0) is 23.9 Å². The molecule has 92 valence electrons. The van der Waals surface area contributed by atoms with Gasteiger partial charge in [0.05, 0.1) is 6.04 Å². The Morgan fingerprint density at radius 3 is 3.39 bits per heavy atom. The molecule has 5 heteroatoms. The van der Waals surface area contributed by atoms with Gasteiger partial charge in [0.15, 0.2) is 0 Å². The summed E-state index contributed by atoms with van der Waals surface area (Å²) < 4.78 is 5.06. The molecule has 0 aromatic carbocycles. The number of aromatic nitrogens is 2. The number of thiophene rings is 2. The molecule has 0 amide bonds. The number of nitrogens with zero attached hydrogens (tertiary/aromatic N) is 2. The van der Waals surface area contributed by atoms with E-state index in [0.29, 0.717) is 6.04 Å². The minimum absolute atomic E-state index is 0.417. The average molecular weight is 275 g/mol. The normalized spacial score (nSPS) is 18.6. The fourth-order valence-corrected chi connectivity index (χ4v) is 4.62. The number of aryl methyl sites for hydroxylation is 1. The highest BCUT2D eigenvalue weighted by Gasteiger charge is 2.22. The number of rotatable bonds is 3. The van der Waals surface area contributed by atoms with Crippen molar-refractivity contribution in [3.8, 4) is 0 Å². The quantitative estimate of drug-likeness (QED) is 0.794. The van der Waals surface area contributed by atoms with Gasteiger partial charge in [0, 0.05) is 39.8 Å². The van der Waals surface area contributed by atoms with Gasteiger partial charge in [-0.3, -0.25) is 0 Å². The van der Waals surface area contributed by atoms with Crippen LogP contribution in [0.4, 0.5) is 0 Å². The summed E-state index contributed by atoms with van der Waals surface area (Å²) >= 11 is 3.71. The Bertz CT molecular complexity index is 651. The molecule has 18 heavy (non-hydrogen) atoms. The van der Waals surface area contributed by atoms with Gasteiger partial charge in [-0.1, -0.05) is 0 Å². The number of fused-ring (bicyclic) bond motifs is 2. The fourth-order valence-electron chi connectivity index (χ4n) is 2.54. The molecule has 1 N–H and O–H groups in total. The van der Waals surface area contributed by atoms with Crippen LogP contribution in [0.25, 0.3) is 9.40 Å². The molecule has 0 saturated heterocycles. The van der Waals surface area contributed by atoms with Crippen LogP contribution < -0.4 is 5.32 Å². The fraction of sp³-hybridized carbons (Fsp3) is 0.308. The van der Waals surface area contributed by atoms with E-state index in [1.807, 2.05) is 28.9 Å². The van der Waals surface area contributed by atoms with Gasteiger partial charge in [0.25, 0.3) is 0 Å². The minimum atomic E-state index is 0.417. The Labute approximate surface area is 113 Å². The summed E-state index contributed by atoms with van der Waals surface area (Å²) in [4.78, 5) is 5.85. The van der Waals surface area contributed by atoms with Crippen molar-refractivity contribution < 1.29 is 0 Å². The van der Waals surface area contributed by atoms with E-state index in [-0.39, 0.29) is 0 Å². The summed E-state index contributed by atoms with van der Waals surface area (Å²) in [5.41, 5.74) is 0. The largest absolute Gasteiger partial charge is 0.334 e. The molecule has 0 radical (unpaired) electrons. The lowest BCUT2D eigenvalue weighted by molar-refractivity contribution is 0.523. The molecule has 1 aliphatic rings. The summed E-state index contributed by atoms with van der Waals surface area (Å²) in [6.07, 6.45) is 5.12. The van der Waals surface area contributed by atoms with Gasteiger partial charge in [0.1, 0.15) is 5.82 Å². The smallest absolute Gasteiger partial charge is 0.125 e. The van der Waals surface area contributed by atoms with Gasteiger partial charge >= 0.3 is 0 Å². The predicted molar refractivity (Wildman–Crippen MR) is 76.1 cm³/mol. The Kier molecular flexibility index (Phi) is 2.50. The Morgan fingerprint density at radius 2 is 2.44 bits per heavy atom. The van der Waals surface area contributed by atoms with Crippen molar-refractivity contribution in [1.82, 2.24) is 14.9 Å². The molecule has 3 nitrogen and oxygen atoms in total. The van der Waals surface area contributed by atoms with Gasteiger partial charge in [-0.15, -0.1) is 22.7 Å². The molecule has 0 fully saturated rings. The summed E-state index contributed by atoms with van der Waals surface area (Å²) in [5.74, 6) is 1.19. The Hall–Kier alpha value is -1.17. The molecule has 3 aromatic heterocycles. The van der Waals surface area contributed by atoms with Gasteiger partial charge < -0.3 is 9.88 Å². The number of imidazole rings is 1. The van der Waals surface area contributed by atoms with Crippen molar-refractivity contribution in [2.75, 3.05) is 0 Å². The topological polar surface area (TPSA) is 29.9 Å². The molecule has 0 spiro atoms. The van der Waals surface area contributed by atoms with Crippen molar-refractivity contribution in [2.45, 2.75) is 25.6 Å². The third kappa shape index (κ3) is 1.70. The lowest BCUT2D eigenvalue weighted by atomic mass is 10.2. The van der Waals surface area contributed by atoms with Crippen LogP contribution in [0.3, 0.4) is 0 Å². The van der Waals surface area contributed by atoms with Crippen LogP contribution in [0.5, 0.6) is 0 Å². The van der Waals surface area contributed by atoms with E-state index in [0.717, 1.165) is 19.5 Å². The number of hydrogen-bond acceptors (Lipinski definition) is 4. The maximum absolute atomic E-state index is 4.43. The summed E-state index contributed by atoms with van der Waals surface area (Å²) in [6, 6.07) is 4.93. The third-order valence-corrected chi connectivity index (χ3v) is 5.52. The first-order valence-electron chi connectivity index (χ1n) is 6.10. The molecule has 4 rings (SSSR count). The van der Waals surface area contributed by atoms with E-state index < -0.39 is 0 Å². The van der Waals surface area contributed by atoms with Crippen molar-refractivity contribution >= 4 is 32.1 Å². The highest BCUT2D eigenvalue weighted by atomic mass is 32.1. The second-order valence-electron chi connectivity index (χ2n) is 4.56. The van der Waals surface area contributed by atoms with Crippen LogP contribution in [0, 0.1) is 0 Å². The lowest BCUT2D eigenvalue weighted by Gasteiger charge is -2.09. The first-order chi connectivity index (χ1) is 8.90. The lowest BCUT2D eigenvalue weighted by Crippen LogP contribution is -2.18. The van der Waals surface area contributed by atoms with E-state index >= 15 is 0 Å². The SMILES string of the molecule is c1cn2c(n1)C(NCc1cc3sccc3s1)CC2. The molecule has 4 heterocycles. The van der Waals surface area contributed by atoms with E-state index in [1.54, 1.807) is 0 Å². The van der Waals surface area contributed by atoms with E-state index in [4.69, 9.17) is 0 Å². The van der Waals surface area contributed by atoms with Crippen LogP contribution >= 0.6 is 22.7 Å². The second kappa shape index (κ2) is 4.19. The molecule has 1 aliphatic heterocycles. The van der Waals surface area contributed by atoms with Crippen LogP contribution in [-0.2, 0) is 13.1 Å². The zero-order valence-electron chi connectivity index (χ0n) is 9.80. The van der Waals surface area contributed by atoms with Gasteiger partial charge in [0.2, 0.25) is 0 Å². The highest BCUT2D eigenvalue weighted by molar-refractivity contribution is 7.26. The molecule has 0 bridgehead atoms. The zero-order valence-corrected chi connectivity index (χ0v) is 11.4. The van der Waals surface area contributed by atoms with E-state index in [9.17, 15) is 0 Å². The monoisotopic (exact) mass is 275 g/mol. The first-order valence-corrected chi connectivity index (χ1v) is 7.80.